The molecule has 0 saturated carbocycles. The van der Waals surface area contributed by atoms with Crippen LogP contribution in [0.2, 0.25) is 0 Å². The lowest BCUT2D eigenvalue weighted by Crippen LogP contribution is -2.27. The van der Waals surface area contributed by atoms with Gasteiger partial charge in [-0.3, -0.25) is 4.79 Å². The van der Waals surface area contributed by atoms with E-state index in [9.17, 15) is 4.79 Å². The number of nitrogens with zero attached hydrogens (tertiary/aromatic N) is 1. The Morgan fingerprint density at radius 3 is 2.78 bits per heavy atom. The monoisotopic (exact) mass is 260 g/mol. The van der Waals surface area contributed by atoms with Crippen molar-refractivity contribution in [1.29, 1.82) is 0 Å². The van der Waals surface area contributed by atoms with Crippen molar-refractivity contribution in [2.45, 2.75) is 19.8 Å². The van der Waals surface area contributed by atoms with Crippen LogP contribution in [0, 0.1) is 6.92 Å². The van der Waals surface area contributed by atoms with Crippen molar-refractivity contribution in [3.63, 3.8) is 0 Å². The molecule has 2 aromatic rings. The topological polar surface area (TPSA) is 46.3 Å². The van der Waals surface area contributed by atoms with Crippen LogP contribution in [0.4, 0.5) is 5.69 Å². The molecule has 1 amide bonds. The molecule has 2 heterocycles. The highest BCUT2D eigenvalue weighted by Gasteiger charge is 2.24. The van der Waals surface area contributed by atoms with E-state index < -0.39 is 0 Å². The molecule has 0 atom stereocenters. The molecule has 4 heteroatoms. The zero-order valence-corrected chi connectivity index (χ0v) is 11.2. The average molecular weight is 260 g/mol. The molecule has 2 N–H and O–H groups in total. The lowest BCUT2D eigenvalue weighted by Gasteiger charge is -2.14. The SMILES string of the molecule is Cc1ccc2sc(C(=O)N3CCCC3)c(N)c2c1. The highest BCUT2D eigenvalue weighted by Crippen LogP contribution is 2.35. The third kappa shape index (κ3) is 1.77. The number of nitrogen functional groups attached to an aromatic ring is 1. The second-order valence-corrected chi connectivity index (χ2v) is 5.90. The number of amides is 1. The van der Waals surface area contributed by atoms with Crippen molar-refractivity contribution in [1.82, 2.24) is 4.90 Å². The van der Waals surface area contributed by atoms with E-state index in [1.807, 2.05) is 17.9 Å². The first-order valence-electron chi connectivity index (χ1n) is 6.25. The summed E-state index contributed by atoms with van der Waals surface area (Å²) < 4.78 is 1.10. The zero-order valence-electron chi connectivity index (χ0n) is 10.4. The van der Waals surface area contributed by atoms with Crippen LogP contribution in [-0.2, 0) is 0 Å². The van der Waals surface area contributed by atoms with Crippen molar-refractivity contribution < 1.29 is 4.79 Å². The summed E-state index contributed by atoms with van der Waals surface area (Å²) >= 11 is 1.51. The van der Waals surface area contributed by atoms with E-state index in [4.69, 9.17) is 5.73 Å². The van der Waals surface area contributed by atoms with E-state index >= 15 is 0 Å². The van der Waals surface area contributed by atoms with Gasteiger partial charge in [-0.05, 0) is 31.9 Å². The van der Waals surface area contributed by atoms with E-state index in [0.717, 1.165) is 36.0 Å². The summed E-state index contributed by atoms with van der Waals surface area (Å²) in [4.78, 5) is 15.0. The van der Waals surface area contributed by atoms with Crippen LogP contribution in [-0.4, -0.2) is 23.9 Å². The number of rotatable bonds is 1. The van der Waals surface area contributed by atoms with Crippen LogP contribution < -0.4 is 5.73 Å². The van der Waals surface area contributed by atoms with Crippen molar-refractivity contribution >= 4 is 33.0 Å². The van der Waals surface area contributed by atoms with Crippen molar-refractivity contribution in [3.05, 3.63) is 28.6 Å². The Morgan fingerprint density at radius 1 is 1.33 bits per heavy atom. The lowest BCUT2D eigenvalue weighted by atomic mass is 10.1. The molecule has 94 valence electrons. The van der Waals surface area contributed by atoms with Crippen LogP contribution >= 0.6 is 11.3 Å². The maximum absolute atomic E-state index is 12.4. The molecule has 1 aromatic heterocycles. The fourth-order valence-corrected chi connectivity index (χ4v) is 3.52. The number of hydrogen-bond donors (Lipinski definition) is 1. The maximum atomic E-state index is 12.4. The first-order chi connectivity index (χ1) is 8.66. The van der Waals surface area contributed by atoms with Gasteiger partial charge in [0.2, 0.25) is 0 Å². The zero-order chi connectivity index (χ0) is 12.7. The minimum atomic E-state index is 0.101. The van der Waals surface area contributed by atoms with Crippen molar-refractivity contribution in [2.24, 2.45) is 0 Å². The minimum absolute atomic E-state index is 0.101. The summed E-state index contributed by atoms with van der Waals surface area (Å²) in [6.07, 6.45) is 2.21. The highest BCUT2D eigenvalue weighted by atomic mass is 32.1. The predicted octanol–water partition coefficient (Wildman–Crippen LogP) is 3.03. The van der Waals surface area contributed by atoms with Gasteiger partial charge in [0, 0.05) is 23.2 Å². The van der Waals surface area contributed by atoms with Gasteiger partial charge in [-0.2, -0.15) is 0 Å². The summed E-state index contributed by atoms with van der Waals surface area (Å²) in [5, 5.41) is 1.02. The van der Waals surface area contributed by atoms with E-state index in [-0.39, 0.29) is 5.91 Å². The lowest BCUT2D eigenvalue weighted by molar-refractivity contribution is 0.0798. The van der Waals surface area contributed by atoms with Crippen LogP contribution in [0.25, 0.3) is 10.1 Å². The van der Waals surface area contributed by atoms with Gasteiger partial charge < -0.3 is 10.6 Å². The maximum Gasteiger partial charge on any atom is 0.266 e. The number of benzene rings is 1. The predicted molar refractivity (Wildman–Crippen MR) is 76.1 cm³/mol. The second-order valence-electron chi connectivity index (χ2n) is 4.84. The molecule has 3 rings (SSSR count). The first-order valence-corrected chi connectivity index (χ1v) is 7.06. The molecular weight excluding hydrogens is 244 g/mol. The minimum Gasteiger partial charge on any atom is -0.397 e. The number of carbonyl (C=O) groups excluding carboxylic acids is 1. The van der Waals surface area contributed by atoms with Gasteiger partial charge in [-0.1, -0.05) is 11.6 Å². The third-order valence-electron chi connectivity index (χ3n) is 3.47. The number of thiophene rings is 1. The van der Waals surface area contributed by atoms with Crippen LogP contribution in [0.15, 0.2) is 18.2 Å². The Labute approximate surface area is 110 Å². The summed E-state index contributed by atoms with van der Waals surface area (Å²) in [5.74, 6) is 0.101. The summed E-state index contributed by atoms with van der Waals surface area (Å²) in [7, 11) is 0. The summed E-state index contributed by atoms with van der Waals surface area (Å²) in [6.45, 7) is 3.77. The van der Waals surface area contributed by atoms with Crippen LogP contribution in [0.5, 0.6) is 0 Å². The second kappa shape index (κ2) is 4.28. The molecule has 0 spiro atoms. The number of likely N-dealkylation sites (tertiary alicyclic amines) is 1. The fourth-order valence-electron chi connectivity index (χ4n) is 2.45. The van der Waals surface area contributed by atoms with Crippen LogP contribution in [0.1, 0.15) is 28.1 Å². The molecule has 0 bridgehead atoms. The third-order valence-corrected chi connectivity index (χ3v) is 4.64. The molecule has 0 unspecified atom stereocenters. The number of carbonyl (C=O) groups is 1. The van der Waals surface area contributed by atoms with Crippen LogP contribution in [0.3, 0.4) is 0 Å². The van der Waals surface area contributed by atoms with Crippen molar-refractivity contribution in [3.8, 4) is 0 Å². The van der Waals surface area contributed by atoms with E-state index in [1.54, 1.807) is 0 Å². The van der Waals surface area contributed by atoms with Gasteiger partial charge in [0.15, 0.2) is 0 Å². The number of aryl methyl sites for hydroxylation is 1. The van der Waals surface area contributed by atoms with Gasteiger partial charge in [0.25, 0.3) is 5.91 Å². The first kappa shape index (κ1) is 11.5. The Bertz CT molecular complexity index is 612. The largest absolute Gasteiger partial charge is 0.397 e. The highest BCUT2D eigenvalue weighted by molar-refractivity contribution is 7.21. The molecule has 1 aromatic carbocycles. The van der Waals surface area contributed by atoms with Crippen molar-refractivity contribution in [2.75, 3.05) is 18.8 Å². The fraction of sp³-hybridized carbons (Fsp3) is 0.357. The smallest absolute Gasteiger partial charge is 0.266 e. The van der Waals surface area contributed by atoms with Gasteiger partial charge in [0.05, 0.1) is 5.69 Å². The van der Waals surface area contributed by atoms with E-state index in [0.29, 0.717) is 10.6 Å². The molecule has 0 aliphatic carbocycles. The Kier molecular flexibility index (Phi) is 2.74. The molecule has 18 heavy (non-hydrogen) atoms. The summed E-state index contributed by atoms with van der Waals surface area (Å²) in [5.41, 5.74) is 7.96. The molecule has 1 aliphatic heterocycles. The van der Waals surface area contributed by atoms with Gasteiger partial charge in [-0.25, -0.2) is 0 Å². The quantitative estimate of drug-likeness (QED) is 0.856. The van der Waals surface area contributed by atoms with E-state index in [1.165, 1.54) is 16.9 Å². The number of hydrogen-bond acceptors (Lipinski definition) is 3. The average Bonchev–Trinajstić information content (AvgIpc) is 2.98. The standard InChI is InChI=1S/C14H16N2OS/c1-9-4-5-11-10(8-9)12(15)13(18-11)14(17)16-6-2-3-7-16/h4-5,8H,2-3,6-7,15H2,1H3. The Hall–Kier alpha value is -1.55. The molecule has 1 saturated heterocycles. The molecule has 0 radical (unpaired) electrons. The molecular formula is C14H16N2OS. The Morgan fingerprint density at radius 2 is 2.06 bits per heavy atom. The van der Waals surface area contributed by atoms with Gasteiger partial charge >= 0.3 is 0 Å². The molecule has 3 nitrogen and oxygen atoms in total. The number of anilines is 1. The number of fused-ring (bicyclic) bond motifs is 1. The van der Waals surface area contributed by atoms with Gasteiger partial charge in [-0.15, -0.1) is 11.3 Å². The normalized spacial score (nSPS) is 15.5. The van der Waals surface area contributed by atoms with Gasteiger partial charge in [0.1, 0.15) is 4.88 Å². The molecule has 1 fully saturated rings. The molecule has 1 aliphatic rings. The number of nitrogens with two attached hydrogens (primary N) is 1. The summed E-state index contributed by atoms with van der Waals surface area (Å²) in [6, 6.07) is 6.16. The Balaban J connectivity index is 2.06. The van der Waals surface area contributed by atoms with E-state index in [2.05, 4.69) is 12.1 Å².